The van der Waals surface area contributed by atoms with Gasteiger partial charge in [0.15, 0.2) is 5.78 Å². The molecule has 2 N–H and O–H groups in total. The number of hydrogen-bond donors (Lipinski definition) is 2. The van der Waals surface area contributed by atoms with E-state index in [1.807, 2.05) is 27.7 Å². The van der Waals surface area contributed by atoms with Crippen molar-refractivity contribution in [2.24, 2.45) is 0 Å². The van der Waals surface area contributed by atoms with Gasteiger partial charge in [-0.25, -0.2) is 0 Å². The summed E-state index contributed by atoms with van der Waals surface area (Å²) < 4.78 is 0. The monoisotopic (exact) mass is 361 g/mol. The van der Waals surface area contributed by atoms with Crippen LogP contribution in [0.15, 0.2) is 12.1 Å². The summed E-state index contributed by atoms with van der Waals surface area (Å²) in [6.07, 6.45) is 2.73. The van der Waals surface area contributed by atoms with Crippen LogP contribution >= 0.6 is 0 Å². The van der Waals surface area contributed by atoms with E-state index in [-0.39, 0.29) is 30.3 Å². The van der Waals surface area contributed by atoms with Crippen molar-refractivity contribution in [2.75, 3.05) is 6.61 Å². The Morgan fingerprint density at radius 1 is 1.08 bits per heavy atom. The summed E-state index contributed by atoms with van der Waals surface area (Å²) in [5.74, 6) is -0.698. The van der Waals surface area contributed by atoms with Crippen molar-refractivity contribution in [2.45, 2.75) is 72.3 Å². The maximum atomic E-state index is 12.3. The molecule has 5 nitrogen and oxygen atoms in total. The van der Waals surface area contributed by atoms with E-state index in [2.05, 4.69) is 17.4 Å². The lowest BCUT2D eigenvalue weighted by atomic mass is 9.94. The number of amides is 1. The fourth-order valence-corrected chi connectivity index (χ4v) is 3.13. The zero-order valence-corrected chi connectivity index (χ0v) is 16.4. The van der Waals surface area contributed by atoms with Gasteiger partial charge >= 0.3 is 0 Å². The molecule has 0 aliphatic heterocycles. The van der Waals surface area contributed by atoms with E-state index in [1.54, 1.807) is 0 Å². The quantitative estimate of drug-likeness (QED) is 0.635. The maximum Gasteiger partial charge on any atom is 0.221 e. The molecule has 0 aliphatic rings. The third kappa shape index (κ3) is 7.08. The standard InChI is InChI=1S/C21H31NO4/c1-5-6-7-19(20(25)13-23)22-21(26)9-8-17(24)12-18-15(3)10-14(2)11-16(18)4/h10-11,19,23H,5-9,12-13H2,1-4H3,(H,22,26). The van der Waals surface area contributed by atoms with Crippen LogP contribution in [0, 0.1) is 20.8 Å². The third-order valence-electron chi connectivity index (χ3n) is 4.57. The van der Waals surface area contributed by atoms with E-state index in [9.17, 15) is 14.4 Å². The van der Waals surface area contributed by atoms with Crippen LogP contribution in [0.25, 0.3) is 0 Å². The van der Waals surface area contributed by atoms with Crippen molar-refractivity contribution in [1.29, 1.82) is 0 Å². The summed E-state index contributed by atoms with van der Waals surface area (Å²) in [5, 5.41) is 11.7. The normalized spacial score (nSPS) is 11.9. The first-order valence-electron chi connectivity index (χ1n) is 9.29. The van der Waals surface area contributed by atoms with Crippen molar-refractivity contribution in [3.8, 4) is 0 Å². The number of rotatable bonds is 11. The van der Waals surface area contributed by atoms with Gasteiger partial charge in [0.2, 0.25) is 5.91 Å². The molecule has 0 aromatic heterocycles. The van der Waals surface area contributed by atoms with E-state index >= 15 is 0 Å². The minimum Gasteiger partial charge on any atom is -0.389 e. The highest BCUT2D eigenvalue weighted by atomic mass is 16.3. The number of Topliss-reactive ketones (excluding diaryl/α,β-unsaturated/α-hetero) is 2. The third-order valence-corrected chi connectivity index (χ3v) is 4.57. The van der Waals surface area contributed by atoms with Gasteiger partial charge in [0.1, 0.15) is 12.4 Å². The SMILES string of the molecule is CCCCC(NC(=O)CCC(=O)Cc1c(C)cc(C)cc1C)C(=O)CO. The van der Waals surface area contributed by atoms with Gasteiger partial charge in [0.25, 0.3) is 0 Å². The van der Waals surface area contributed by atoms with Crippen LogP contribution in [0.5, 0.6) is 0 Å². The molecule has 5 heteroatoms. The first-order chi connectivity index (χ1) is 12.3. The molecule has 0 aliphatic carbocycles. The molecule has 0 bridgehead atoms. The maximum absolute atomic E-state index is 12.3. The lowest BCUT2D eigenvalue weighted by Gasteiger charge is -2.16. The van der Waals surface area contributed by atoms with E-state index in [0.717, 1.165) is 29.5 Å². The number of carbonyl (C=O) groups excluding carboxylic acids is 3. The second-order valence-corrected chi connectivity index (χ2v) is 6.98. The first kappa shape index (κ1) is 22.0. The fraction of sp³-hybridized carbons (Fsp3) is 0.571. The summed E-state index contributed by atoms with van der Waals surface area (Å²) in [5.41, 5.74) is 4.38. The number of aryl methyl sites for hydroxylation is 3. The van der Waals surface area contributed by atoms with Crippen LogP contribution in [0.2, 0.25) is 0 Å². The Hall–Kier alpha value is -2.01. The zero-order valence-electron chi connectivity index (χ0n) is 16.4. The van der Waals surface area contributed by atoms with Crippen LogP contribution in [0.4, 0.5) is 0 Å². The van der Waals surface area contributed by atoms with Crippen molar-refractivity contribution in [3.05, 3.63) is 34.4 Å². The highest BCUT2D eigenvalue weighted by molar-refractivity contribution is 5.91. The van der Waals surface area contributed by atoms with E-state index in [1.165, 1.54) is 5.56 Å². The fourth-order valence-electron chi connectivity index (χ4n) is 3.13. The summed E-state index contributed by atoms with van der Waals surface area (Å²) in [6, 6.07) is 3.45. The van der Waals surface area contributed by atoms with E-state index in [4.69, 9.17) is 5.11 Å². The van der Waals surface area contributed by atoms with Gasteiger partial charge in [0, 0.05) is 19.3 Å². The van der Waals surface area contributed by atoms with Gasteiger partial charge < -0.3 is 10.4 Å². The average Bonchev–Trinajstić information content (AvgIpc) is 2.59. The highest BCUT2D eigenvalue weighted by Gasteiger charge is 2.20. The van der Waals surface area contributed by atoms with Crippen molar-refractivity contribution in [3.63, 3.8) is 0 Å². The van der Waals surface area contributed by atoms with Gasteiger partial charge in [-0.2, -0.15) is 0 Å². The molecule has 144 valence electrons. The predicted octanol–water partition coefficient (Wildman–Crippen LogP) is 2.74. The Balaban J connectivity index is 2.56. The second kappa shape index (κ2) is 10.9. The van der Waals surface area contributed by atoms with Crippen molar-refractivity contribution < 1.29 is 19.5 Å². The Labute approximate surface area is 156 Å². The molecule has 1 rings (SSSR count). The van der Waals surface area contributed by atoms with Gasteiger partial charge in [-0.05, 0) is 43.9 Å². The zero-order chi connectivity index (χ0) is 19.7. The number of aliphatic hydroxyl groups excluding tert-OH is 1. The number of unbranched alkanes of at least 4 members (excludes halogenated alkanes) is 1. The minimum absolute atomic E-state index is 0.00814. The molecule has 1 amide bonds. The Bertz CT molecular complexity index is 628. The number of carbonyl (C=O) groups is 3. The molecule has 0 saturated carbocycles. The van der Waals surface area contributed by atoms with Gasteiger partial charge in [0.05, 0.1) is 6.04 Å². The molecule has 1 atom stereocenters. The summed E-state index contributed by atoms with van der Waals surface area (Å²) in [4.78, 5) is 36.0. The largest absolute Gasteiger partial charge is 0.389 e. The molecule has 0 saturated heterocycles. The lowest BCUT2D eigenvalue weighted by Crippen LogP contribution is -2.42. The molecular weight excluding hydrogens is 330 g/mol. The second-order valence-electron chi connectivity index (χ2n) is 6.98. The Kier molecular flexibility index (Phi) is 9.21. The highest BCUT2D eigenvalue weighted by Crippen LogP contribution is 2.18. The number of ketones is 2. The number of hydrogen-bond acceptors (Lipinski definition) is 4. The minimum atomic E-state index is -0.663. The smallest absolute Gasteiger partial charge is 0.221 e. The van der Waals surface area contributed by atoms with Crippen molar-refractivity contribution in [1.82, 2.24) is 5.32 Å². The van der Waals surface area contributed by atoms with Crippen LogP contribution in [0.3, 0.4) is 0 Å². The molecule has 1 unspecified atom stereocenters. The molecule has 0 spiro atoms. The Morgan fingerprint density at radius 2 is 1.69 bits per heavy atom. The summed E-state index contributed by atoms with van der Waals surface area (Å²) in [6.45, 7) is 7.43. The number of benzene rings is 1. The van der Waals surface area contributed by atoms with Gasteiger partial charge in [-0.15, -0.1) is 0 Å². The number of nitrogens with one attached hydrogen (secondary N) is 1. The summed E-state index contributed by atoms with van der Waals surface area (Å²) >= 11 is 0. The molecule has 1 aromatic carbocycles. The molecule has 1 aromatic rings. The molecule has 0 fully saturated rings. The average molecular weight is 361 g/mol. The van der Waals surface area contributed by atoms with Gasteiger partial charge in [-0.1, -0.05) is 37.5 Å². The van der Waals surface area contributed by atoms with Crippen LogP contribution in [0.1, 0.15) is 61.3 Å². The van der Waals surface area contributed by atoms with Gasteiger partial charge in [-0.3, -0.25) is 14.4 Å². The molecule has 0 heterocycles. The van der Waals surface area contributed by atoms with E-state index in [0.29, 0.717) is 12.8 Å². The van der Waals surface area contributed by atoms with Crippen LogP contribution < -0.4 is 5.32 Å². The summed E-state index contributed by atoms with van der Waals surface area (Å²) in [7, 11) is 0. The molecule has 0 radical (unpaired) electrons. The first-order valence-corrected chi connectivity index (χ1v) is 9.29. The number of aliphatic hydroxyl groups is 1. The lowest BCUT2D eigenvalue weighted by molar-refractivity contribution is -0.130. The topological polar surface area (TPSA) is 83.5 Å². The van der Waals surface area contributed by atoms with Crippen molar-refractivity contribution >= 4 is 17.5 Å². The Morgan fingerprint density at radius 3 is 2.23 bits per heavy atom. The predicted molar refractivity (Wildman–Crippen MR) is 102 cm³/mol. The molecular formula is C21H31NO4. The van der Waals surface area contributed by atoms with Crippen LogP contribution in [-0.2, 0) is 20.8 Å². The molecule has 26 heavy (non-hydrogen) atoms. The van der Waals surface area contributed by atoms with E-state index < -0.39 is 12.6 Å². The van der Waals surface area contributed by atoms with Crippen LogP contribution in [-0.4, -0.2) is 35.2 Å².